The molecule has 1 heterocycles. The lowest BCUT2D eigenvalue weighted by Gasteiger charge is -2.21. The van der Waals surface area contributed by atoms with Gasteiger partial charge in [0.25, 0.3) is 0 Å². The van der Waals surface area contributed by atoms with Crippen molar-refractivity contribution in [3.05, 3.63) is 0 Å². The van der Waals surface area contributed by atoms with Crippen molar-refractivity contribution >= 4 is 5.97 Å². The third-order valence-corrected chi connectivity index (χ3v) is 3.02. The predicted octanol–water partition coefficient (Wildman–Crippen LogP) is 0.790. The van der Waals surface area contributed by atoms with Gasteiger partial charge in [-0.05, 0) is 31.6 Å². The molecule has 1 N–H and O–H groups in total. The second-order valence-electron chi connectivity index (χ2n) is 4.70. The fourth-order valence-electron chi connectivity index (χ4n) is 2.14. The van der Waals surface area contributed by atoms with Gasteiger partial charge in [-0.3, -0.25) is 4.79 Å². The van der Waals surface area contributed by atoms with E-state index in [0.717, 1.165) is 19.4 Å². The lowest BCUT2D eigenvalue weighted by molar-refractivity contribution is -0.897. The average molecular weight is 238 g/mol. The highest BCUT2D eigenvalue weighted by Crippen LogP contribution is 2.00. The first kappa shape index (κ1) is 14.1. The number of ether oxygens (including phenoxy) is 1. The molecule has 1 aliphatic rings. The van der Waals surface area contributed by atoms with Crippen LogP contribution < -0.4 is 4.90 Å². The first-order valence-corrected chi connectivity index (χ1v) is 6.71. The summed E-state index contributed by atoms with van der Waals surface area (Å²) >= 11 is 0. The summed E-state index contributed by atoms with van der Waals surface area (Å²) in [6, 6.07) is 0. The summed E-state index contributed by atoms with van der Waals surface area (Å²) in [5.74, 6) is 6.03. The molecule has 0 aromatic heterocycles. The number of carbonyl (C=O) groups is 1. The van der Waals surface area contributed by atoms with Gasteiger partial charge in [0.05, 0.1) is 13.1 Å². The Balaban J connectivity index is 2.34. The van der Waals surface area contributed by atoms with Crippen LogP contribution in [0.1, 0.15) is 46.0 Å². The summed E-state index contributed by atoms with van der Waals surface area (Å²) in [5.41, 5.74) is 0. The van der Waals surface area contributed by atoms with Crippen LogP contribution in [0.2, 0.25) is 0 Å². The van der Waals surface area contributed by atoms with Crippen molar-refractivity contribution in [2.24, 2.45) is 0 Å². The number of hydrogen-bond donors (Lipinski definition) is 1. The zero-order valence-corrected chi connectivity index (χ0v) is 11.1. The Kier molecular flexibility index (Phi) is 6.73. The zero-order chi connectivity index (χ0) is 12.5. The van der Waals surface area contributed by atoms with E-state index in [1.165, 1.54) is 39.3 Å². The minimum absolute atomic E-state index is 0.207. The monoisotopic (exact) mass is 238 g/mol. The number of quaternary nitrogens is 1. The van der Waals surface area contributed by atoms with Gasteiger partial charge < -0.3 is 9.64 Å². The maximum Gasteiger partial charge on any atom is 0.303 e. The van der Waals surface area contributed by atoms with Crippen LogP contribution in [0.5, 0.6) is 0 Å². The first-order valence-electron chi connectivity index (χ1n) is 6.71. The number of hydrogen-bond acceptors (Lipinski definition) is 2. The van der Waals surface area contributed by atoms with E-state index in [9.17, 15) is 4.79 Å². The van der Waals surface area contributed by atoms with E-state index in [-0.39, 0.29) is 12.1 Å². The molecule has 1 aliphatic heterocycles. The van der Waals surface area contributed by atoms with Crippen LogP contribution >= 0.6 is 0 Å². The van der Waals surface area contributed by atoms with E-state index >= 15 is 0 Å². The van der Waals surface area contributed by atoms with Gasteiger partial charge in [-0.15, -0.1) is 0 Å². The summed E-state index contributed by atoms with van der Waals surface area (Å²) in [4.78, 5) is 12.5. The molecule has 0 amide bonds. The number of likely N-dealkylation sites (tertiary alicyclic amines) is 1. The SMILES string of the molecule is CCC[C@@H](C#CC[NH+]1CCCCC1)OC(C)=O. The van der Waals surface area contributed by atoms with E-state index in [2.05, 4.69) is 18.8 Å². The van der Waals surface area contributed by atoms with Crippen molar-refractivity contribution in [2.75, 3.05) is 19.6 Å². The molecule has 0 aliphatic carbocycles. The minimum Gasteiger partial charge on any atom is -0.449 e. The smallest absolute Gasteiger partial charge is 0.303 e. The molecular formula is C14H24NO2+. The molecule has 1 saturated heterocycles. The minimum atomic E-state index is -0.233. The summed E-state index contributed by atoms with van der Waals surface area (Å²) in [5, 5.41) is 0. The van der Waals surface area contributed by atoms with Gasteiger partial charge in [0.1, 0.15) is 6.54 Å². The van der Waals surface area contributed by atoms with Crippen molar-refractivity contribution in [2.45, 2.75) is 52.1 Å². The molecule has 96 valence electrons. The maximum atomic E-state index is 10.9. The topological polar surface area (TPSA) is 30.7 Å². The van der Waals surface area contributed by atoms with Gasteiger partial charge in [-0.1, -0.05) is 19.3 Å². The fourth-order valence-corrected chi connectivity index (χ4v) is 2.14. The number of carbonyl (C=O) groups excluding carboxylic acids is 1. The predicted molar refractivity (Wildman–Crippen MR) is 67.7 cm³/mol. The Hall–Kier alpha value is -1.01. The summed E-state index contributed by atoms with van der Waals surface area (Å²) in [7, 11) is 0. The lowest BCUT2D eigenvalue weighted by atomic mass is 10.1. The maximum absolute atomic E-state index is 10.9. The number of piperidine rings is 1. The molecule has 0 saturated carbocycles. The second kappa shape index (κ2) is 8.14. The van der Waals surface area contributed by atoms with Crippen LogP contribution in [0.25, 0.3) is 0 Å². The Bertz CT molecular complexity index is 284. The molecule has 0 bridgehead atoms. The van der Waals surface area contributed by atoms with Gasteiger partial charge in [-0.2, -0.15) is 0 Å². The van der Waals surface area contributed by atoms with Gasteiger partial charge in [0.2, 0.25) is 0 Å². The van der Waals surface area contributed by atoms with E-state index in [4.69, 9.17) is 4.74 Å². The molecule has 17 heavy (non-hydrogen) atoms. The molecule has 1 atom stereocenters. The largest absolute Gasteiger partial charge is 0.449 e. The molecule has 0 aromatic rings. The second-order valence-corrected chi connectivity index (χ2v) is 4.70. The Morgan fingerprint density at radius 1 is 1.35 bits per heavy atom. The number of esters is 1. The Morgan fingerprint density at radius 3 is 2.65 bits per heavy atom. The first-order chi connectivity index (χ1) is 8.22. The van der Waals surface area contributed by atoms with Crippen molar-refractivity contribution in [3.8, 4) is 11.8 Å². The molecule has 3 heteroatoms. The summed E-state index contributed by atoms with van der Waals surface area (Å²) < 4.78 is 5.16. The summed E-state index contributed by atoms with van der Waals surface area (Å²) in [6.07, 6.45) is 5.62. The third-order valence-electron chi connectivity index (χ3n) is 3.02. The molecule has 1 rings (SSSR count). The van der Waals surface area contributed by atoms with E-state index in [1.807, 2.05) is 0 Å². The van der Waals surface area contributed by atoms with Crippen molar-refractivity contribution in [3.63, 3.8) is 0 Å². The quantitative estimate of drug-likeness (QED) is 0.580. The van der Waals surface area contributed by atoms with Crippen LogP contribution in [0, 0.1) is 11.8 Å². The lowest BCUT2D eigenvalue weighted by Crippen LogP contribution is -3.12. The van der Waals surface area contributed by atoms with Crippen LogP contribution in [0.15, 0.2) is 0 Å². The highest BCUT2D eigenvalue weighted by molar-refractivity contribution is 5.66. The molecular weight excluding hydrogens is 214 g/mol. The molecule has 1 fully saturated rings. The number of nitrogens with one attached hydrogen (secondary N) is 1. The van der Waals surface area contributed by atoms with Gasteiger partial charge in [0, 0.05) is 6.92 Å². The zero-order valence-electron chi connectivity index (χ0n) is 11.1. The molecule has 0 radical (unpaired) electrons. The molecule has 0 aromatic carbocycles. The van der Waals surface area contributed by atoms with Crippen LogP contribution in [0.4, 0.5) is 0 Å². The van der Waals surface area contributed by atoms with Crippen LogP contribution in [-0.4, -0.2) is 31.7 Å². The highest BCUT2D eigenvalue weighted by atomic mass is 16.5. The molecule has 0 unspecified atom stereocenters. The average Bonchev–Trinajstić information content (AvgIpc) is 2.30. The van der Waals surface area contributed by atoms with E-state index in [0.29, 0.717) is 0 Å². The van der Waals surface area contributed by atoms with E-state index < -0.39 is 0 Å². The third kappa shape index (κ3) is 6.33. The van der Waals surface area contributed by atoms with Gasteiger partial charge in [-0.25, -0.2) is 0 Å². The highest BCUT2D eigenvalue weighted by Gasteiger charge is 2.12. The Labute approximate surface area is 105 Å². The van der Waals surface area contributed by atoms with Crippen LogP contribution in [-0.2, 0) is 9.53 Å². The number of rotatable bonds is 4. The summed E-state index contributed by atoms with van der Waals surface area (Å²) in [6.45, 7) is 6.89. The normalized spacial score (nSPS) is 18.0. The van der Waals surface area contributed by atoms with Gasteiger partial charge >= 0.3 is 5.97 Å². The molecule has 3 nitrogen and oxygen atoms in total. The van der Waals surface area contributed by atoms with Crippen molar-refractivity contribution in [1.29, 1.82) is 0 Å². The molecule has 0 spiro atoms. The Morgan fingerprint density at radius 2 is 2.06 bits per heavy atom. The van der Waals surface area contributed by atoms with Gasteiger partial charge in [0.15, 0.2) is 6.10 Å². The fraction of sp³-hybridized carbons (Fsp3) is 0.786. The standard InChI is InChI=1S/C14H23NO2/c1-3-8-14(17-13(2)16)9-7-12-15-10-5-4-6-11-15/h14H,3-6,8,10-12H2,1-2H3/p+1/t14-/m0/s1. The van der Waals surface area contributed by atoms with Crippen molar-refractivity contribution < 1.29 is 14.4 Å². The van der Waals surface area contributed by atoms with Crippen molar-refractivity contribution in [1.82, 2.24) is 0 Å². The van der Waals surface area contributed by atoms with Crippen LogP contribution in [0.3, 0.4) is 0 Å². The van der Waals surface area contributed by atoms with E-state index in [1.54, 1.807) is 4.90 Å².